The summed E-state index contributed by atoms with van der Waals surface area (Å²) in [5.74, 6) is -0.759. The second kappa shape index (κ2) is 6.07. The van der Waals surface area contributed by atoms with Crippen LogP contribution in [0.5, 0.6) is 0 Å². The van der Waals surface area contributed by atoms with E-state index in [0.29, 0.717) is 22.6 Å². The standard InChI is InChI=1S/C16H13FN4O3/c1-10-2-4-13(21(23)24)7-14(10)19-16(22)6-12-9-20-8-11(17)3-5-15(20)18-12/h2-5,7-9H,6H2,1H3,(H,19,22). The van der Waals surface area contributed by atoms with Gasteiger partial charge in [0.1, 0.15) is 11.5 Å². The molecular weight excluding hydrogens is 315 g/mol. The Morgan fingerprint density at radius 2 is 2.12 bits per heavy atom. The molecular formula is C16H13FN4O3. The zero-order valence-electron chi connectivity index (χ0n) is 12.7. The van der Waals surface area contributed by atoms with E-state index in [1.165, 1.54) is 34.9 Å². The zero-order valence-corrected chi connectivity index (χ0v) is 12.7. The van der Waals surface area contributed by atoms with Crippen molar-refractivity contribution in [2.45, 2.75) is 13.3 Å². The molecule has 0 unspecified atom stereocenters. The third-order valence-electron chi connectivity index (χ3n) is 3.51. The van der Waals surface area contributed by atoms with E-state index in [1.54, 1.807) is 19.2 Å². The number of halogens is 1. The van der Waals surface area contributed by atoms with E-state index in [2.05, 4.69) is 10.3 Å². The minimum absolute atomic E-state index is 0.0224. The molecule has 7 nitrogen and oxygen atoms in total. The molecule has 3 aromatic rings. The van der Waals surface area contributed by atoms with Crippen molar-refractivity contribution in [1.29, 1.82) is 0 Å². The van der Waals surface area contributed by atoms with Crippen molar-refractivity contribution < 1.29 is 14.1 Å². The number of carbonyl (C=O) groups is 1. The van der Waals surface area contributed by atoms with Crippen molar-refractivity contribution in [2.24, 2.45) is 0 Å². The van der Waals surface area contributed by atoms with Gasteiger partial charge in [0.2, 0.25) is 5.91 Å². The SMILES string of the molecule is Cc1ccc([N+](=O)[O-])cc1NC(=O)Cc1cn2cc(F)ccc2n1. The van der Waals surface area contributed by atoms with Gasteiger partial charge in [0, 0.05) is 24.5 Å². The number of fused-ring (bicyclic) bond motifs is 1. The summed E-state index contributed by atoms with van der Waals surface area (Å²) in [6, 6.07) is 7.06. The smallest absolute Gasteiger partial charge is 0.271 e. The van der Waals surface area contributed by atoms with Crippen LogP contribution in [0.2, 0.25) is 0 Å². The van der Waals surface area contributed by atoms with Crippen molar-refractivity contribution >= 4 is 22.9 Å². The average molecular weight is 328 g/mol. The number of non-ortho nitro benzene ring substituents is 1. The molecule has 2 aromatic heterocycles. The Labute approximate surface area is 135 Å². The molecule has 0 aliphatic carbocycles. The number of nitro benzene ring substituents is 1. The number of aryl methyl sites for hydroxylation is 1. The van der Waals surface area contributed by atoms with Gasteiger partial charge in [-0.2, -0.15) is 0 Å². The molecule has 8 heteroatoms. The van der Waals surface area contributed by atoms with Crippen molar-refractivity contribution in [3.8, 4) is 0 Å². The lowest BCUT2D eigenvalue weighted by molar-refractivity contribution is -0.384. The highest BCUT2D eigenvalue weighted by atomic mass is 19.1. The fourth-order valence-electron chi connectivity index (χ4n) is 2.32. The van der Waals surface area contributed by atoms with E-state index < -0.39 is 10.7 Å². The quantitative estimate of drug-likeness (QED) is 0.589. The third-order valence-corrected chi connectivity index (χ3v) is 3.51. The van der Waals surface area contributed by atoms with Crippen LogP contribution in [0.4, 0.5) is 15.8 Å². The molecule has 0 saturated heterocycles. The molecule has 122 valence electrons. The van der Waals surface area contributed by atoms with Gasteiger partial charge >= 0.3 is 0 Å². The van der Waals surface area contributed by atoms with E-state index >= 15 is 0 Å². The van der Waals surface area contributed by atoms with Gasteiger partial charge in [-0.1, -0.05) is 6.07 Å². The van der Waals surface area contributed by atoms with Gasteiger partial charge in [-0.15, -0.1) is 0 Å². The topological polar surface area (TPSA) is 89.5 Å². The van der Waals surface area contributed by atoms with Crippen molar-refractivity contribution in [2.75, 3.05) is 5.32 Å². The first-order chi connectivity index (χ1) is 11.4. The van der Waals surface area contributed by atoms with Crippen LogP contribution in [0.1, 0.15) is 11.3 Å². The number of nitrogens with zero attached hydrogens (tertiary/aromatic N) is 3. The molecule has 3 rings (SSSR count). The van der Waals surface area contributed by atoms with Gasteiger partial charge in [0.25, 0.3) is 5.69 Å². The number of rotatable bonds is 4. The number of nitro groups is 1. The fraction of sp³-hybridized carbons (Fsp3) is 0.125. The minimum atomic E-state index is -0.522. The maximum absolute atomic E-state index is 13.2. The van der Waals surface area contributed by atoms with E-state index in [4.69, 9.17) is 0 Å². The molecule has 0 spiro atoms. The number of amides is 1. The van der Waals surface area contributed by atoms with Gasteiger partial charge in [0.15, 0.2) is 0 Å². The van der Waals surface area contributed by atoms with Crippen LogP contribution >= 0.6 is 0 Å². The molecule has 0 aliphatic heterocycles. The lowest BCUT2D eigenvalue weighted by Gasteiger charge is -2.07. The summed E-state index contributed by atoms with van der Waals surface area (Å²) in [7, 11) is 0. The van der Waals surface area contributed by atoms with Crippen molar-refractivity contribution in [1.82, 2.24) is 9.38 Å². The molecule has 24 heavy (non-hydrogen) atoms. The lowest BCUT2D eigenvalue weighted by atomic mass is 10.1. The molecule has 0 atom stereocenters. The molecule has 0 aliphatic rings. The third kappa shape index (κ3) is 3.22. The van der Waals surface area contributed by atoms with Gasteiger partial charge in [0.05, 0.1) is 22.7 Å². The number of imidazole rings is 1. The van der Waals surface area contributed by atoms with Gasteiger partial charge < -0.3 is 9.72 Å². The van der Waals surface area contributed by atoms with Crippen LogP contribution in [0.25, 0.3) is 5.65 Å². The second-order valence-electron chi connectivity index (χ2n) is 5.33. The summed E-state index contributed by atoms with van der Waals surface area (Å²) in [4.78, 5) is 26.7. The number of hydrogen-bond donors (Lipinski definition) is 1. The van der Waals surface area contributed by atoms with Crippen molar-refractivity contribution in [3.63, 3.8) is 0 Å². The summed E-state index contributed by atoms with van der Waals surface area (Å²) in [5, 5.41) is 13.5. The normalized spacial score (nSPS) is 10.8. The van der Waals surface area contributed by atoms with Crippen LogP contribution in [-0.4, -0.2) is 20.2 Å². The van der Waals surface area contributed by atoms with Crippen molar-refractivity contribution in [3.05, 3.63) is 69.9 Å². The van der Waals surface area contributed by atoms with Crippen LogP contribution in [0, 0.1) is 22.9 Å². The Morgan fingerprint density at radius 3 is 2.88 bits per heavy atom. The Hall–Kier alpha value is -3.29. The number of carbonyl (C=O) groups excluding carboxylic acids is 1. The van der Waals surface area contributed by atoms with E-state index in [-0.39, 0.29) is 18.0 Å². The second-order valence-corrected chi connectivity index (χ2v) is 5.33. The van der Waals surface area contributed by atoms with E-state index in [9.17, 15) is 19.3 Å². The first-order valence-electron chi connectivity index (χ1n) is 7.10. The zero-order chi connectivity index (χ0) is 17.3. The Balaban J connectivity index is 1.77. The minimum Gasteiger partial charge on any atom is -0.325 e. The van der Waals surface area contributed by atoms with Gasteiger partial charge in [-0.3, -0.25) is 14.9 Å². The monoisotopic (exact) mass is 328 g/mol. The summed E-state index contributed by atoms with van der Waals surface area (Å²) in [6.07, 6.45) is 2.82. The molecule has 2 heterocycles. The number of anilines is 1. The predicted molar refractivity (Wildman–Crippen MR) is 85.3 cm³/mol. The van der Waals surface area contributed by atoms with Crippen LogP contribution in [-0.2, 0) is 11.2 Å². The average Bonchev–Trinajstić information content (AvgIpc) is 2.90. The number of pyridine rings is 1. The molecule has 1 N–H and O–H groups in total. The Kier molecular flexibility index (Phi) is 3.95. The molecule has 0 saturated carbocycles. The van der Waals surface area contributed by atoms with Gasteiger partial charge in [-0.25, -0.2) is 9.37 Å². The van der Waals surface area contributed by atoms with E-state index in [0.717, 1.165) is 0 Å². The highest BCUT2D eigenvalue weighted by Crippen LogP contribution is 2.22. The molecule has 0 bridgehead atoms. The largest absolute Gasteiger partial charge is 0.325 e. The fourth-order valence-corrected chi connectivity index (χ4v) is 2.32. The predicted octanol–water partition coefficient (Wildman–Crippen LogP) is 2.87. The first kappa shape index (κ1) is 15.6. The summed E-state index contributed by atoms with van der Waals surface area (Å²) in [6.45, 7) is 1.74. The summed E-state index contributed by atoms with van der Waals surface area (Å²) < 4.78 is 14.7. The van der Waals surface area contributed by atoms with Crippen LogP contribution in [0.3, 0.4) is 0 Å². The van der Waals surface area contributed by atoms with Crippen LogP contribution < -0.4 is 5.32 Å². The number of hydrogen-bond acceptors (Lipinski definition) is 4. The highest BCUT2D eigenvalue weighted by Gasteiger charge is 2.13. The number of nitrogens with one attached hydrogen (secondary N) is 1. The first-order valence-corrected chi connectivity index (χ1v) is 7.10. The Bertz CT molecular complexity index is 952. The lowest BCUT2D eigenvalue weighted by Crippen LogP contribution is -2.15. The van der Waals surface area contributed by atoms with Crippen LogP contribution in [0.15, 0.2) is 42.7 Å². The highest BCUT2D eigenvalue weighted by molar-refractivity contribution is 5.93. The number of aromatic nitrogens is 2. The van der Waals surface area contributed by atoms with E-state index in [1.807, 2.05) is 0 Å². The maximum Gasteiger partial charge on any atom is 0.271 e. The summed E-state index contributed by atoms with van der Waals surface area (Å²) >= 11 is 0. The van der Waals surface area contributed by atoms with Gasteiger partial charge in [-0.05, 0) is 24.6 Å². The number of benzene rings is 1. The molecule has 1 amide bonds. The molecule has 1 aromatic carbocycles. The molecule has 0 fully saturated rings. The maximum atomic E-state index is 13.2. The summed E-state index contributed by atoms with van der Waals surface area (Å²) in [5.41, 5.74) is 2.00. The molecule has 0 radical (unpaired) electrons. The Morgan fingerprint density at radius 1 is 1.33 bits per heavy atom.